The van der Waals surface area contributed by atoms with Crippen molar-refractivity contribution < 1.29 is 9.59 Å². The molecule has 0 radical (unpaired) electrons. The summed E-state index contributed by atoms with van der Waals surface area (Å²) in [7, 11) is 0. The van der Waals surface area contributed by atoms with Gasteiger partial charge in [0.05, 0.1) is 12.9 Å². The van der Waals surface area contributed by atoms with Gasteiger partial charge in [0.25, 0.3) is 0 Å². The predicted molar refractivity (Wildman–Crippen MR) is 80.9 cm³/mol. The van der Waals surface area contributed by atoms with Crippen LogP contribution in [-0.2, 0) is 9.59 Å². The van der Waals surface area contributed by atoms with Gasteiger partial charge in [-0.2, -0.15) is 0 Å². The van der Waals surface area contributed by atoms with E-state index in [4.69, 9.17) is 11.5 Å². The lowest BCUT2D eigenvalue weighted by Gasteiger charge is -2.23. The van der Waals surface area contributed by atoms with Crippen molar-refractivity contribution in [1.82, 2.24) is 19.9 Å². The van der Waals surface area contributed by atoms with E-state index in [9.17, 15) is 9.59 Å². The molecule has 1 aliphatic heterocycles. The van der Waals surface area contributed by atoms with E-state index in [1.54, 1.807) is 12.3 Å². The molecule has 9 heteroatoms. The van der Waals surface area contributed by atoms with E-state index in [2.05, 4.69) is 24.9 Å². The van der Waals surface area contributed by atoms with Gasteiger partial charge in [0.15, 0.2) is 17.2 Å². The lowest BCUT2D eigenvalue weighted by atomic mass is 9.82. The van der Waals surface area contributed by atoms with E-state index in [0.29, 0.717) is 17.0 Å². The molecule has 0 saturated carbocycles. The molecule has 0 saturated heterocycles. The van der Waals surface area contributed by atoms with Gasteiger partial charge in [0, 0.05) is 6.21 Å². The van der Waals surface area contributed by atoms with Crippen LogP contribution in [0.1, 0.15) is 6.92 Å². The van der Waals surface area contributed by atoms with Crippen molar-refractivity contribution in [3.8, 4) is 0 Å². The van der Waals surface area contributed by atoms with Crippen molar-refractivity contribution in [2.45, 2.75) is 6.92 Å². The minimum Gasteiger partial charge on any atom is -0.382 e. The van der Waals surface area contributed by atoms with Crippen molar-refractivity contribution in [1.29, 1.82) is 0 Å². The Bertz CT molecular complexity index is 749. The number of aromatic amines is 1. The van der Waals surface area contributed by atoms with Gasteiger partial charge in [-0.15, -0.1) is 0 Å². The molecule has 2 aromatic heterocycles. The normalized spacial score (nSPS) is 19.5. The molecule has 0 aromatic carbocycles. The van der Waals surface area contributed by atoms with Crippen LogP contribution in [-0.4, -0.2) is 44.4 Å². The third-order valence-corrected chi connectivity index (χ3v) is 3.23. The van der Waals surface area contributed by atoms with Gasteiger partial charge >= 0.3 is 0 Å². The van der Waals surface area contributed by atoms with Crippen LogP contribution in [0.2, 0.25) is 0 Å². The molecule has 0 spiro atoms. The maximum Gasteiger partial charge on any atom is 0.236 e. The molecule has 114 valence electrons. The number of H-pyrrole nitrogens is 1. The first kappa shape index (κ1) is 15.3. The highest BCUT2D eigenvalue weighted by Gasteiger charge is 2.39. The maximum atomic E-state index is 11.1. The van der Waals surface area contributed by atoms with E-state index < -0.39 is 11.3 Å². The Labute approximate surface area is 125 Å². The van der Waals surface area contributed by atoms with E-state index in [1.165, 1.54) is 25.7 Å². The smallest absolute Gasteiger partial charge is 0.236 e. The Kier molecular flexibility index (Phi) is 4.25. The molecular weight excluding hydrogens is 286 g/mol. The molecule has 1 amide bonds. The lowest BCUT2D eigenvalue weighted by Crippen LogP contribution is -2.44. The standard InChI is InChI=1S/C8H10N2O2.C5H5N5/c1-6(11)8(7(9)12)3-2-4-10-5-8;6-4-3-5(9-1-7-3)10-2-8-4/h2-4H,5H2,1H3,(H2,9,12);1-2H,(H3,6,7,8,9,10). The number of primary amides is 1. The summed E-state index contributed by atoms with van der Waals surface area (Å²) in [6.45, 7) is 1.48. The van der Waals surface area contributed by atoms with Crippen molar-refractivity contribution in [3.63, 3.8) is 0 Å². The third kappa shape index (κ3) is 2.82. The summed E-state index contributed by atoms with van der Waals surface area (Å²) in [6.07, 6.45) is 7.54. The fourth-order valence-electron chi connectivity index (χ4n) is 1.86. The van der Waals surface area contributed by atoms with Gasteiger partial charge in [-0.05, 0) is 13.0 Å². The van der Waals surface area contributed by atoms with Crippen LogP contribution in [0.4, 0.5) is 5.82 Å². The number of imidazole rings is 1. The predicted octanol–water partition coefficient (Wildman–Crippen LogP) is -0.377. The zero-order chi connectivity index (χ0) is 16.2. The first-order valence-corrected chi connectivity index (χ1v) is 6.35. The fourth-order valence-corrected chi connectivity index (χ4v) is 1.86. The minimum absolute atomic E-state index is 0.133. The molecule has 5 N–H and O–H groups in total. The van der Waals surface area contributed by atoms with Gasteiger partial charge in [0.1, 0.15) is 17.3 Å². The van der Waals surface area contributed by atoms with Crippen molar-refractivity contribution in [3.05, 3.63) is 24.8 Å². The van der Waals surface area contributed by atoms with Gasteiger partial charge in [-0.25, -0.2) is 15.0 Å². The second-order valence-electron chi connectivity index (χ2n) is 4.60. The van der Waals surface area contributed by atoms with Crippen LogP contribution in [0.3, 0.4) is 0 Å². The van der Waals surface area contributed by atoms with Crippen LogP contribution < -0.4 is 11.5 Å². The number of aliphatic imine (C=N–C) groups is 1. The second kappa shape index (κ2) is 6.12. The number of carbonyl (C=O) groups excluding carboxylic acids is 2. The zero-order valence-electron chi connectivity index (χ0n) is 11.9. The molecule has 0 aliphatic carbocycles. The van der Waals surface area contributed by atoms with Gasteiger partial charge in [0.2, 0.25) is 5.91 Å². The number of nitrogens with two attached hydrogens (primary N) is 2. The Morgan fingerprint density at radius 1 is 1.32 bits per heavy atom. The number of nitrogen functional groups attached to an aromatic ring is 1. The van der Waals surface area contributed by atoms with E-state index in [0.717, 1.165) is 0 Å². The zero-order valence-corrected chi connectivity index (χ0v) is 11.9. The number of Topliss-reactive ketones (excluding diaryl/α,β-unsaturated/α-hetero) is 1. The Hall–Kier alpha value is -3.10. The number of ketones is 1. The SMILES string of the molecule is CC(=O)C1(C(N)=O)C=CC=NC1.Nc1ncnc2nc[nH]c12. The van der Waals surface area contributed by atoms with E-state index >= 15 is 0 Å². The number of nitrogens with zero attached hydrogens (tertiary/aromatic N) is 4. The number of amides is 1. The fraction of sp³-hybridized carbons (Fsp3) is 0.231. The lowest BCUT2D eigenvalue weighted by molar-refractivity contribution is -0.135. The van der Waals surface area contributed by atoms with E-state index in [-0.39, 0.29) is 12.3 Å². The summed E-state index contributed by atoms with van der Waals surface area (Å²) in [5.41, 5.74) is 10.7. The number of allylic oxidation sites excluding steroid dienone is 1. The number of anilines is 1. The minimum atomic E-state index is -1.20. The number of dihydropyridines is 1. The Morgan fingerprint density at radius 3 is 2.59 bits per heavy atom. The van der Waals surface area contributed by atoms with Crippen LogP contribution >= 0.6 is 0 Å². The number of aromatic nitrogens is 4. The number of hydrogen-bond donors (Lipinski definition) is 3. The molecular formula is C13H15N7O2. The summed E-state index contributed by atoms with van der Waals surface area (Å²) < 4.78 is 0. The number of rotatable bonds is 2. The summed E-state index contributed by atoms with van der Waals surface area (Å²) in [5, 5.41) is 0. The summed E-state index contributed by atoms with van der Waals surface area (Å²) in [4.78, 5) is 40.3. The Balaban J connectivity index is 0.000000162. The number of hydrogen-bond acceptors (Lipinski definition) is 7. The van der Waals surface area contributed by atoms with Crippen molar-refractivity contribution in [2.24, 2.45) is 16.1 Å². The molecule has 1 aliphatic rings. The topological polar surface area (TPSA) is 153 Å². The number of carbonyl (C=O) groups is 2. The maximum absolute atomic E-state index is 11.1. The monoisotopic (exact) mass is 301 g/mol. The summed E-state index contributed by atoms with van der Waals surface area (Å²) in [6, 6.07) is 0. The van der Waals surface area contributed by atoms with Gasteiger partial charge in [-0.1, -0.05) is 6.08 Å². The van der Waals surface area contributed by atoms with Crippen molar-refractivity contribution in [2.75, 3.05) is 12.3 Å². The summed E-state index contributed by atoms with van der Waals surface area (Å²) in [5.74, 6) is -0.464. The molecule has 0 bridgehead atoms. The first-order valence-electron chi connectivity index (χ1n) is 6.35. The van der Waals surface area contributed by atoms with Crippen LogP contribution in [0, 0.1) is 5.41 Å². The molecule has 3 rings (SSSR count). The summed E-state index contributed by atoms with van der Waals surface area (Å²) >= 11 is 0. The van der Waals surface area contributed by atoms with Crippen molar-refractivity contribution >= 4 is 34.9 Å². The largest absolute Gasteiger partial charge is 0.382 e. The number of nitrogens with one attached hydrogen (secondary N) is 1. The molecule has 3 heterocycles. The third-order valence-electron chi connectivity index (χ3n) is 3.23. The van der Waals surface area contributed by atoms with Crippen LogP contribution in [0.5, 0.6) is 0 Å². The van der Waals surface area contributed by atoms with Crippen LogP contribution in [0.15, 0.2) is 29.8 Å². The molecule has 1 atom stereocenters. The first-order chi connectivity index (χ1) is 10.5. The van der Waals surface area contributed by atoms with E-state index in [1.807, 2.05) is 0 Å². The van der Waals surface area contributed by atoms with Gasteiger partial charge in [-0.3, -0.25) is 14.6 Å². The molecule has 9 nitrogen and oxygen atoms in total. The molecule has 0 fully saturated rings. The average molecular weight is 301 g/mol. The molecule has 22 heavy (non-hydrogen) atoms. The molecule has 2 aromatic rings. The quantitative estimate of drug-likeness (QED) is 0.643. The Morgan fingerprint density at radius 2 is 2.09 bits per heavy atom. The highest BCUT2D eigenvalue weighted by atomic mass is 16.2. The highest BCUT2D eigenvalue weighted by molar-refractivity contribution is 6.08. The van der Waals surface area contributed by atoms with Gasteiger partial charge < -0.3 is 16.5 Å². The second-order valence-corrected chi connectivity index (χ2v) is 4.60. The highest BCUT2D eigenvalue weighted by Crippen LogP contribution is 2.22. The average Bonchev–Trinajstić information content (AvgIpc) is 2.98. The number of fused-ring (bicyclic) bond motifs is 1. The molecule has 1 unspecified atom stereocenters. The van der Waals surface area contributed by atoms with Crippen LogP contribution in [0.25, 0.3) is 11.2 Å².